The van der Waals surface area contributed by atoms with Gasteiger partial charge in [0.05, 0.1) is 6.61 Å². The van der Waals surface area contributed by atoms with Crippen LogP contribution in [-0.4, -0.2) is 12.5 Å². The Morgan fingerprint density at radius 1 is 1.25 bits per heavy atom. The zero-order chi connectivity index (χ0) is 9.23. The first-order chi connectivity index (χ1) is 5.81. The van der Waals surface area contributed by atoms with Gasteiger partial charge in [-0.25, -0.2) is 5.48 Å². The molecule has 72 valence electrons. The minimum atomic E-state index is -0.00652. The van der Waals surface area contributed by atoms with Crippen molar-refractivity contribution in [2.24, 2.45) is 0 Å². The van der Waals surface area contributed by atoms with Crippen LogP contribution in [0.25, 0.3) is 0 Å². The van der Waals surface area contributed by atoms with Gasteiger partial charge in [-0.3, -0.25) is 9.63 Å². The Bertz CT molecular complexity index is 115. The van der Waals surface area contributed by atoms with Crippen LogP contribution < -0.4 is 5.48 Å². The maximum atomic E-state index is 10.9. The maximum Gasteiger partial charge on any atom is 0.243 e. The molecule has 0 rings (SSSR count). The van der Waals surface area contributed by atoms with E-state index in [1.54, 1.807) is 0 Å². The smallest absolute Gasteiger partial charge is 0.243 e. The fraction of sp³-hybridized carbons (Fsp3) is 0.889. The summed E-state index contributed by atoms with van der Waals surface area (Å²) in [6.07, 6.45) is 5.10. The van der Waals surface area contributed by atoms with E-state index >= 15 is 0 Å². The minimum absolute atomic E-state index is 0.00652. The van der Waals surface area contributed by atoms with Crippen LogP contribution >= 0.6 is 0 Å². The fourth-order valence-corrected chi connectivity index (χ4v) is 0.916. The SMILES string of the molecule is CCCCCCC(=O)NOCC. The van der Waals surface area contributed by atoms with Crippen molar-refractivity contribution in [3.63, 3.8) is 0 Å². The lowest BCUT2D eigenvalue weighted by atomic mass is 10.1. The summed E-state index contributed by atoms with van der Waals surface area (Å²) in [5, 5.41) is 0. The third-order valence-electron chi connectivity index (χ3n) is 1.59. The highest BCUT2D eigenvalue weighted by Crippen LogP contribution is 2.01. The number of hydrogen-bond donors (Lipinski definition) is 1. The van der Waals surface area contributed by atoms with Crippen LogP contribution in [0.2, 0.25) is 0 Å². The number of rotatable bonds is 7. The van der Waals surface area contributed by atoms with Crippen LogP contribution in [0.4, 0.5) is 0 Å². The molecule has 0 aromatic carbocycles. The van der Waals surface area contributed by atoms with E-state index in [2.05, 4.69) is 12.4 Å². The number of nitrogens with one attached hydrogen (secondary N) is 1. The molecule has 0 saturated heterocycles. The molecule has 0 saturated carbocycles. The standard InChI is InChI=1S/C9H19NO2/c1-3-5-6-7-8-9(11)10-12-4-2/h3-8H2,1-2H3,(H,10,11). The summed E-state index contributed by atoms with van der Waals surface area (Å²) in [4.78, 5) is 15.7. The maximum absolute atomic E-state index is 10.9. The highest BCUT2D eigenvalue weighted by molar-refractivity contribution is 5.74. The number of amides is 1. The molecule has 3 nitrogen and oxygen atoms in total. The van der Waals surface area contributed by atoms with Gasteiger partial charge in [0.15, 0.2) is 0 Å². The molecule has 0 unspecified atom stereocenters. The lowest BCUT2D eigenvalue weighted by molar-refractivity contribution is -0.133. The largest absolute Gasteiger partial charge is 0.274 e. The zero-order valence-corrected chi connectivity index (χ0v) is 8.06. The van der Waals surface area contributed by atoms with Gasteiger partial charge in [-0.1, -0.05) is 26.2 Å². The van der Waals surface area contributed by atoms with Crippen molar-refractivity contribution in [1.82, 2.24) is 5.48 Å². The van der Waals surface area contributed by atoms with Crippen molar-refractivity contribution in [3.8, 4) is 0 Å². The van der Waals surface area contributed by atoms with Crippen molar-refractivity contribution in [1.29, 1.82) is 0 Å². The van der Waals surface area contributed by atoms with E-state index in [1.807, 2.05) is 6.92 Å². The van der Waals surface area contributed by atoms with E-state index in [0.29, 0.717) is 13.0 Å². The highest BCUT2D eigenvalue weighted by Gasteiger charge is 1.98. The molecule has 0 bridgehead atoms. The Hall–Kier alpha value is -0.570. The van der Waals surface area contributed by atoms with Gasteiger partial charge < -0.3 is 0 Å². The second-order valence-electron chi connectivity index (χ2n) is 2.77. The zero-order valence-electron chi connectivity index (χ0n) is 8.06. The number of unbranched alkanes of at least 4 members (excludes halogenated alkanes) is 3. The number of carbonyl (C=O) groups is 1. The highest BCUT2D eigenvalue weighted by atomic mass is 16.6. The number of hydroxylamine groups is 1. The Morgan fingerprint density at radius 3 is 2.58 bits per heavy atom. The van der Waals surface area contributed by atoms with Crippen molar-refractivity contribution in [2.75, 3.05) is 6.61 Å². The Morgan fingerprint density at radius 2 is 2.00 bits per heavy atom. The summed E-state index contributed by atoms with van der Waals surface area (Å²) < 4.78 is 0. The number of hydrogen-bond acceptors (Lipinski definition) is 2. The third kappa shape index (κ3) is 7.54. The molecule has 0 aliphatic rings. The van der Waals surface area contributed by atoms with Gasteiger partial charge in [0, 0.05) is 6.42 Å². The molecule has 0 radical (unpaired) electrons. The summed E-state index contributed by atoms with van der Waals surface area (Å²) in [5.41, 5.74) is 2.37. The van der Waals surface area contributed by atoms with E-state index in [0.717, 1.165) is 12.8 Å². The van der Waals surface area contributed by atoms with E-state index in [-0.39, 0.29) is 5.91 Å². The van der Waals surface area contributed by atoms with Crippen LogP contribution in [0.1, 0.15) is 46.0 Å². The summed E-state index contributed by atoms with van der Waals surface area (Å²) in [6.45, 7) is 4.53. The van der Waals surface area contributed by atoms with Gasteiger partial charge in [-0.05, 0) is 13.3 Å². The van der Waals surface area contributed by atoms with Gasteiger partial charge in [0.1, 0.15) is 0 Å². The third-order valence-corrected chi connectivity index (χ3v) is 1.59. The van der Waals surface area contributed by atoms with Crippen molar-refractivity contribution in [2.45, 2.75) is 46.0 Å². The average molecular weight is 173 g/mol. The topological polar surface area (TPSA) is 38.3 Å². The molecule has 0 atom stereocenters. The van der Waals surface area contributed by atoms with Gasteiger partial charge in [-0.15, -0.1) is 0 Å². The van der Waals surface area contributed by atoms with E-state index in [9.17, 15) is 4.79 Å². The molecule has 0 heterocycles. The molecule has 1 N–H and O–H groups in total. The van der Waals surface area contributed by atoms with Crippen LogP contribution in [0, 0.1) is 0 Å². The predicted octanol–water partition coefficient (Wildman–Crippen LogP) is 2.02. The van der Waals surface area contributed by atoms with Crippen molar-refractivity contribution < 1.29 is 9.63 Å². The quantitative estimate of drug-likeness (QED) is 0.472. The molecular weight excluding hydrogens is 154 g/mol. The molecule has 0 aromatic heterocycles. The molecule has 0 aromatic rings. The first-order valence-electron chi connectivity index (χ1n) is 4.71. The van der Waals surface area contributed by atoms with E-state index in [1.165, 1.54) is 12.8 Å². The normalized spacial score (nSPS) is 9.83. The van der Waals surface area contributed by atoms with Gasteiger partial charge in [0.25, 0.3) is 0 Å². The molecule has 1 amide bonds. The van der Waals surface area contributed by atoms with Crippen molar-refractivity contribution in [3.05, 3.63) is 0 Å². The number of carbonyl (C=O) groups excluding carboxylic acids is 1. The van der Waals surface area contributed by atoms with E-state index in [4.69, 9.17) is 4.84 Å². The molecule has 0 aliphatic heterocycles. The summed E-state index contributed by atoms with van der Waals surface area (Å²) >= 11 is 0. The predicted molar refractivity (Wildman–Crippen MR) is 48.5 cm³/mol. The molecule has 0 spiro atoms. The Balaban J connectivity index is 3.08. The Kier molecular flexibility index (Phi) is 8.12. The summed E-state index contributed by atoms with van der Waals surface area (Å²) in [7, 11) is 0. The summed E-state index contributed by atoms with van der Waals surface area (Å²) in [6, 6.07) is 0. The second-order valence-corrected chi connectivity index (χ2v) is 2.77. The summed E-state index contributed by atoms with van der Waals surface area (Å²) in [5.74, 6) is -0.00652. The second kappa shape index (κ2) is 8.53. The van der Waals surface area contributed by atoms with E-state index < -0.39 is 0 Å². The molecule has 3 heteroatoms. The Labute approximate surface area is 74.4 Å². The van der Waals surface area contributed by atoms with Crippen molar-refractivity contribution >= 4 is 5.91 Å². The average Bonchev–Trinajstić information content (AvgIpc) is 2.09. The van der Waals surface area contributed by atoms with Crippen LogP contribution in [0.3, 0.4) is 0 Å². The molecular formula is C9H19NO2. The molecule has 12 heavy (non-hydrogen) atoms. The van der Waals surface area contributed by atoms with Crippen LogP contribution in [0.15, 0.2) is 0 Å². The lowest BCUT2D eigenvalue weighted by Gasteiger charge is -2.02. The molecule has 0 fully saturated rings. The fourth-order valence-electron chi connectivity index (χ4n) is 0.916. The van der Waals surface area contributed by atoms with Crippen LogP contribution in [-0.2, 0) is 9.63 Å². The lowest BCUT2D eigenvalue weighted by Crippen LogP contribution is -2.22. The van der Waals surface area contributed by atoms with Gasteiger partial charge >= 0.3 is 0 Å². The van der Waals surface area contributed by atoms with Crippen LogP contribution in [0.5, 0.6) is 0 Å². The monoisotopic (exact) mass is 173 g/mol. The first kappa shape index (κ1) is 11.4. The van der Waals surface area contributed by atoms with Gasteiger partial charge in [-0.2, -0.15) is 0 Å². The minimum Gasteiger partial charge on any atom is -0.274 e. The first-order valence-corrected chi connectivity index (χ1v) is 4.71. The molecule has 0 aliphatic carbocycles. The van der Waals surface area contributed by atoms with Gasteiger partial charge in [0.2, 0.25) is 5.91 Å².